The van der Waals surface area contributed by atoms with Gasteiger partial charge in [-0.2, -0.15) is 0 Å². The molecule has 0 aromatic carbocycles. The highest BCUT2D eigenvalue weighted by atomic mass is 79.9. The molecule has 0 amide bonds. The SMILES string of the molecule is COCC12COC(C(=O)CBr)(C1)C2. The Morgan fingerprint density at radius 1 is 1.62 bits per heavy atom. The summed E-state index contributed by atoms with van der Waals surface area (Å²) in [4.78, 5) is 11.5. The number of halogens is 1. The lowest BCUT2D eigenvalue weighted by Gasteiger charge is -2.42. The van der Waals surface area contributed by atoms with Gasteiger partial charge in [0.1, 0.15) is 5.60 Å². The quantitative estimate of drug-likeness (QED) is 0.701. The van der Waals surface area contributed by atoms with Crippen LogP contribution in [0.2, 0.25) is 0 Å². The van der Waals surface area contributed by atoms with Crippen molar-refractivity contribution in [1.29, 1.82) is 0 Å². The van der Waals surface area contributed by atoms with Crippen molar-refractivity contribution in [3.63, 3.8) is 0 Å². The second kappa shape index (κ2) is 3.04. The number of carbonyl (C=O) groups is 1. The zero-order chi connectivity index (χ0) is 9.53. The van der Waals surface area contributed by atoms with Crippen LogP contribution in [0, 0.1) is 5.41 Å². The average molecular weight is 249 g/mol. The summed E-state index contributed by atoms with van der Waals surface area (Å²) >= 11 is 3.18. The largest absolute Gasteiger partial charge is 0.384 e. The minimum atomic E-state index is -0.456. The van der Waals surface area contributed by atoms with Crippen LogP contribution in [-0.2, 0) is 14.3 Å². The number of methoxy groups -OCH3 is 1. The molecule has 0 unspecified atom stereocenters. The number of hydrogen-bond donors (Lipinski definition) is 0. The second-order valence-corrected chi connectivity index (χ2v) is 4.69. The van der Waals surface area contributed by atoms with Crippen molar-refractivity contribution in [1.82, 2.24) is 0 Å². The van der Waals surface area contributed by atoms with Gasteiger partial charge in [0.05, 0.1) is 18.5 Å². The van der Waals surface area contributed by atoms with E-state index in [0.29, 0.717) is 18.5 Å². The third-order valence-corrected chi connectivity index (χ3v) is 3.57. The van der Waals surface area contributed by atoms with Crippen LogP contribution in [0.1, 0.15) is 12.8 Å². The van der Waals surface area contributed by atoms with Crippen molar-refractivity contribution < 1.29 is 14.3 Å². The number of ketones is 1. The number of fused-ring (bicyclic) bond motifs is 1. The maximum Gasteiger partial charge on any atom is 0.175 e. The minimum absolute atomic E-state index is 0.145. The molecule has 0 aromatic heterocycles. The Kier molecular flexibility index (Phi) is 2.25. The van der Waals surface area contributed by atoms with Crippen molar-refractivity contribution in [3.05, 3.63) is 0 Å². The number of Topliss-reactive ketones (excluding diaryl/α,β-unsaturated/α-hetero) is 1. The first-order valence-corrected chi connectivity index (χ1v) is 5.51. The van der Waals surface area contributed by atoms with Gasteiger partial charge in [-0.05, 0) is 12.8 Å². The molecule has 1 saturated carbocycles. The molecule has 2 saturated heterocycles. The summed E-state index contributed by atoms with van der Waals surface area (Å²) in [6, 6.07) is 0. The monoisotopic (exact) mass is 248 g/mol. The number of hydrogen-bond acceptors (Lipinski definition) is 3. The molecule has 2 bridgehead atoms. The van der Waals surface area contributed by atoms with Crippen molar-refractivity contribution in [2.24, 2.45) is 5.41 Å². The number of rotatable bonds is 4. The lowest BCUT2D eigenvalue weighted by atomic mass is 9.61. The normalized spacial score (nSPS) is 41.7. The Morgan fingerprint density at radius 2 is 2.31 bits per heavy atom. The van der Waals surface area contributed by atoms with Gasteiger partial charge in [0.25, 0.3) is 0 Å². The van der Waals surface area contributed by atoms with E-state index in [0.717, 1.165) is 12.8 Å². The molecule has 0 spiro atoms. The third-order valence-electron chi connectivity index (χ3n) is 3.06. The standard InChI is InChI=1S/C9H13BrO3/c1-12-5-8-3-9(4-8,13-6-8)7(11)2-10/h2-6H2,1H3. The molecule has 0 N–H and O–H groups in total. The molecular formula is C9H13BrO3. The Balaban J connectivity index is 2.02. The highest BCUT2D eigenvalue weighted by molar-refractivity contribution is 9.09. The first kappa shape index (κ1) is 9.62. The fourth-order valence-electron chi connectivity index (χ4n) is 2.50. The van der Waals surface area contributed by atoms with Crippen LogP contribution in [0.3, 0.4) is 0 Å². The fourth-order valence-corrected chi connectivity index (χ4v) is 3.02. The molecule has 2 aliphatic heterocycles. The van der Waals surface area contributed by atoms with E-state index in [1.54, 1.807) is 7.11 Å². The molecular weight excluding hydrogens is 236 g/mol. The summed E-state index contributed by atoms with van der Waals surface area (Å²) in [5.41, 5.74) is -0.311. The van der Waals surface area contributed by atoms with Crippen LogP contribution >= 0.6 is 15.9 Å². The Hall–Kier alpha value is 0.0700. The maximum absolute atomic E-state index is 11.5. The summed E-state index contributed by atoms with van der Waals surface area (Å²) in [5.74, 6) is 0.178. The van der Waals surface area contributed by atoms with Crippen LogP contribution in [0.25, 0.3) is 0 Å². The molecule has 1 aliphatic carbocycles. The van der Waals surface area contributed by atoms with Crippen LogP contribution in [0.15, 0.2) is 0 Å². The lowest BCUT2D eigenvalue weighted by molar-refractivity contribution is -0.141. The molecule has 13 heavy (non-hydrogen) atoms. The molecule has 3 nitrogen and oxygen atoms in total. The van der Waals surface area contributed by atoms with E-state index < -0.39 is 5.60 Å². The van der Waals surface area contributed by atoms with E-state index in [-0.39, 0.29) is 11.2 Å². The zero-order valence-corrected chi connectivity index (χ0v) is 9.22. The van der Waals surface area contributed by atoms with Crippen LogP contribution in [0.5, 0.6) is 0 Å². The summed E-state index contributed by atoms with van der Waals surface area (Å²) < 4.78 is 10.7. The Labute approximate surface area is 85.9 Å². The van der Waals surface area contributed by atoms with Crippen molar-refractivity contribution in [3.8, 4) is 0 Å². The van der Waals surface area contributed by atoms with Gasteiger partial charge in [0.2, 0.25) is 0 Å². The summed E-state index contributed by atoms with van der Waals surface area (Å²) in [5, 5.41) is 0.399. The summed E-state index contributed by atoms with van der Waals surface area (Å²) in [6.07, 6.45) is 1.69. The van der Waals surface area contributed by atoms with E-state index >= 15 is 0 Å². The predicted octanol–water partition coefficient (Wildman–Crippen LogP) is 1.15. The van der Waals surface area contributed by atoms with E-state index in [4.69, 9.17) is 9.47 Å². The smallest absolute Gasteiger partial charge is 0.175 e. The topological polar surface area (TPSA) is 35.5 Å². The van der Waals surface area contributed by atoms with Crippen molar-refractivity contribution in [2.75, 3.05) is 25.7 Å². The Bertz CT molecular complexity index is 233. The van der Waals surface area contributed by atoms with Crippen LogP contribution < -0.4 is 0 Å². The third kappa shape index (κ3) is 1.27. The molecule has 3 rings (SSSR count). The number of alkyl halides is 1. The first-order chi connectivity index (χ1) is 6.16. The van der Waals surface area contributed by atoms with Crippen LogP contribution in [0.4, 0.5) is 0 Å². The van der Waals surface area contributed by atoms with E-state index in [9.17, 15) is 4.79 Å². The Morgan fingerprint density at radius 3 is 2.85 bits per heavy atom. The molecule has 0 radical (unpaired) electrons. The minimum Gasteiger partial charge on any atom is -0.384 e. The summed E-state index contributed by atoms with van der Waals surface area (Å²) in [7, 11) is 1.69. The van der Waals surface area contributed by atoms with Gasteiger partial charge in [-0.15, -0.1) is 0 Å². The number of ether oxygens (including phenoxy) is 2. The molecule has 74 valence electrons. The van der Waals surface area contributed by atoms with Gasteiger partial charge in [0, 0.05) is 12.5 Å². The molecule has 0 aromatic rings. The second-order valence-electron chi connectivity index (χ2n) is 4.13. The highest BCUT2D eigenvalue weighted by Crippen LogP contribution is 2.58. The maximum atomic E-state index is 11.5. The fraction of sp³-hybridized carbons (Fsp3) is 0.889. The van der Waals surface area contributed by atoms with Gasteiger partial charge in [-0.25, -0.2) is 0 Å². The predicted molar refractivity (Wildman–Crippen MR) is 51.0 cm³/mol. The van der Waals surface area contributed by atoms with E-state index in [1.165, 1.54) is 0 Å². The van der Waals surface area contributed by atoms with Gasteiger partial charge in [-0.1, -0.05) is 15.9 Å². The van der Waals surface area contributed by atoms with Crippen LogP contribution in [-0.4, -0.2) is 37.0 Å². The molecule has 2 heterocycles. The molecule has 4 heteroatoms. The van der Waals surface area contributed by atoms with Gasteiger partial charge in [-0.3, -0.25) is 4.79 Å². The lowest BCUT2D eigenvalue weighted by Crippen LogP contribution is -2.52. The average Bonchev–Trinajstić information content (AvgIpc) is 2.59. The van der Waals surface area contributed by atoms with Gasteiger partial charge < -0.3 is 9.47 Å². The van der Waals surface area contributed by atoms with Crippen molar-refractivity contribution >= 4 is 21.7 Å². The van der Waals surface area contributed by atoms with E-state index in [1.807, 2.05) is 0 Å². The zero-order valence-electron chi connectivity index (χ0n) is 7.64. The number of carbonyl (C=O) groups excluding carboxylic acids is 1. The molecule has 3 aliphatic rings. The highest BCUT2D eigenvalue weighted by Gasteiger charge is 2.65. The molecule has 3 fully saturated rings. The van der Waals surface area contributed by atoms with Gasteiger partial charge in [0.15, 0.2) is 5.78 Å². The van der Waals surface area contributed by atoms with E-state index in [2.05, 4.69) is 15.9 Å². The molecule has 0 atom stereocenters. The van der Waals surface area contributed by atoms with Crippen molar-refractivity contribution in [2.45, 2.75) is 18.4 Å². The first-order valence-electron chi connectivity index (χ1n) is 4.39. The van der Waals surface area contributed by atoms with Gasteiger partial charge >= 0.3 is 0 Å². The summed E-state index contributed by atoms with van der Waals surface area (Å²) in [6.45, 7) is 1.39.